The van der Waals surface area contributed by atoms with Gasteiger partial charge >= 0.3 is 0 Å². The van der Waals surface area contributed by atoms with E-state index in [0.717, 1.165) is 17.1 Å². The molecule has 0 spiro atoms. The average Bonchev–Trinajstić information content (AvgIpc) is 3.09. The topological polar surface area (TPSA) is 66.0 Å². The summed E-state index contributed by atoms with van der Waals surface area (Å²) in [5.74, 6) is 2.52. The largest absolute Gasteiger partial charge is 0.493 e. The molecule has 3 rings (SSSR count). The smallest absolute Gasteiger partial charge is 0.251 e. The zero-order valence-electron chi connectivity index (χ0n) is 15.2. The van der Waals surface area contributed by atoms with Crippen molar-refractivity contribution in [1.82, 2.24) is 5.32 Å². The molecular weight excluding hydrogens is 334 g/mol. The molecule has 26 heavy (non-hydrogen) atoms. The van der Waals surface area contributed by atoms with Gasteiger partial charge in [-0.15, -0.1) is 0 Å². The van der Waals surface area contributed by atoms with Crippen LogP contribution in [0.5, 0.6) is 23.0 Å². The number of carbonyl (C=O) groups is 1. The van der Waals surface area contributed by atoms with E-state index < -0.39 is 0 Å². The quantitative estimate of drug-likeness (QED) is 0.824. The molecule has 1 amide bonds. The predicted octanol–water partition coefficient (Wildman–Crippen LogP) is 3.18. The van der Waals surface area contributed by atoms with Gasteiger partial charge < -0.3 is 24.3 Å². The van der Waals surface area contributed by atoms with Crippen molar-refractivity contribution < 1.29 is 23.7 Å². The molecule has 1 N–H and O–H groups in total. The van der Waals surface area contributed by atoms with Crippen molar-refractivity contribution in [1.29, 1.82) is 0 Å². The second-order valence-electron chi connectivity index (χ2n) is 6.23. The molecule has 0 aromatic heterocycles. The van der Waals surface area contributed by atoms with Crippen LogP contribution in [-0.4, -0.2) is 32.5 Å². The van der Waals surface area contributed by atoms with Crippen molar-refractivity contribution in [2.75, 3.05) is 20.4 Å². The van der Waals surface area contributed by atoms with Crippen LogP contribution in [0.2, 0.25) is 0 Å². The normalized spacial score (nSPS) is 12.2. The van der Waals surface area contributed by atoms with Gasteiger partial charge in [0, 0.05) is 12.1 Å². The van der Waals surface area contributed by atoms with Crippen LogP contribution < -0.4 is 24.3 Å². The van der Waals surface area contributed by atoms with E-state index in [9.17, 15) is 4.79 Å². The van der Waals surface area contributed by atoms with Crippen molar-refractivity contribution in [3.05, 3.63) is 47.5 Å². The number of hydrogen-bond acceptors (Lipinski definition) is 5. The van der Waals surface area contributed by atoms with E-state index in [1.807, 2.05) is 32.0 Å². The third kappa shape index (κ3) is 4.20. The second kappa shape index (κ2) is 7.99. The minimum Gasteiger partial charge on any atom is -0.493 e. The Labute approximate surface area is 153 Å². The van der Waals surface area contributed by atoms with Crippen LogP contribution in [0.3, 0.4) is 0 Å². The summed E-state index contributed by atoms with van der Waals surface area (Å²) in [5.41, 5.74) is 1.61. The maximum Gasteiger partial charge on any atom is 0.251 e. The molecule has 0 unspecified atom stereocenters. The Bertz CT molecular complexity index is 788. The van der Waals surface area contributed by atoms with E-state index in [0.29, 0.717) is 30.0 Å². The van der Waals surface area contributed by atoms with Crippen molar-refractivity contribution in [3.63, 3.8) is 0 Å². The van der Waals surface area contributed by atoms with Crippen LogP contribution in [0.25, 0.3) is 0 Å². The number of rotatable bonds is 7. The first-order chi connectivity index (χ1) is 12.6. The van der Waals surface area contributed by atoms with Gasteiger partial charge in [0.25, 0.3) is 5.91 Å². The van der Waals surface area contributed by atoms with Crippen molar-refractivity contribution >= 4 is 5.91 Å². The SMILES string of the molecule is COc1cc(C(=O)NCCc2ccc3c(c2)OCO3)ccc1OC(C)C. The second-order valence-corrected chi connectivity index (χ2v) is 6.23. The highest BCUT2D eigenvalue weighted by Gasteiger charge is 2.14. The van der Waals surface area contributed by atoms with Gasteiger partial charge in [-0.2, -0.15) is 0 Å². The van der Waals surface area contributed by atoms with E-state index in [-0.39, 0.29) is 18.8 Å². The molecule has 1 heterocycles. The van der Waals surface area contributed by atoms with Gasteiger partial charge in [-0.3, -0.25) is 4.79 Å². The van der Waals surface area contributed by atoms with Gasteiger partial charge in [0.1, 0.15) is 0 Å². The van der Waals surface area contributed by atoms with E-state index in [4.69, 9.17) is 18.9 Å². The predicted molar refractivity (Wildman–Crippen MR) is 97.4 cm³/mol. The van der Waals surface area contributed by atoms with Gasteiger partial charge in [-0.05, 0) is 56.2 Å². The van der Waals surface area contributed by atoms with Gasteiger partial charge in [-0.25, -0.2) is 0 Å². The van der Waals surface area contributed by atoms with Crippen LogP contribution >= 0.6 is 0 Å². The molecule has 0 saturated heterocycles. The summed E-state index contributed by atoms with van der Waals surface area (Å²) in [6, 6.07) is 11.0. The number of ether oxygens (including phenoxy) is 4. The Morgan fingerprint density at radius 1 is 1.12 bits per heavy atom. The van der Waals surface area contributed by atoms with E-state index >= 15 is 0 Å². The fourth-order valence-electron chi connectivity index (χ4n) is 2.68. The molecule has 6 heteroatoms. The highest BCUT2D eigenvalue weighted by atomic mass is 16.7. The molecule has 2 aromatic carbocycles. The average molecular weight is 357 g/mol. The lowest BCUT2D eigenvalue weighted by Crippen LogP contribution is -2.25. The third-order valence-corrected chi connectivity index (χ3v) is 3.92. The van der Waals surface area contributed by atoms with Gasteiger partial charge in [0.15, 0.2) is 23.0 Å². The Hall–Kier alpha value is -2.89. The standard InChI is InChI=1S/C20H23NO5/c1-13(2)26-17-7-5-15(11-18(17)23-3)20(22)21-9-8-14-4-6-16-19(10-14)25-12-24-16/h4-7,10-11,13H,8-9,12H2,1-3H3,(H,21,22). The minimum absolute atomic E-state index is 0.0327. The summed E-state index contributed by atoms with van der Waals surface area (Å²) in [5, 5.41) is 2.92. The zero-order valence-corrected chi connectivity index (χ0v) is 15.2. The van der Waals surface area contributed by atoms with Crippen molar-refractivity contribution in [3.8, 4) is 23.0 Å². The first kappa shape index (κ1) is 17.9. The lowest BCUT2D eigenvalue weighted by atomic mass is 10.1. The Morgan fingerprint density at radius 3 is 2.69 bits per heavy atom. The summed E-state index contributed by atoms with van der Waals surface area (Å²) in [6.07, 6.45) is 0.735. The summed E-state index contributed by atoms with van der Waals surface area (Å²) < 4.78 is 21.7. The first-order valence-corrected chi connectivity index (χ1v) is 8.58. The first-order valence-electron chi connectivity index (χ1n) is 8.58. The third-order valence-electron chi connectivity index (χ3n) is 3.92. The number of fused-ring (bicyclic) bond motifs is 1. The van der Waals surface area contributed by atoms with Gasteiger partial charge in [0.05, 0.1) is 13.2 Å². The molecule has 1 aliphatic rings. The number of benzene rings is 2. The van der Waals surface area contributed by atoms with Crippen molar-refractivity contribution in [2.24, 2.45) is 0 Å². The van der Waals surface area contributed by atoms with Crippen LogP contribution in [-0.2, 0) is 6.42 Å². The molecular formula is C20H23NO5. The van der Waals surface area contributed by atoms with Gasteiger partial charge in [0.2, 0.25) is 6.79 Å². The number of amides is 1. The fraction of sp³-hybridized carbons (Fsp3) is 0.350. The number of hydrogen-bond donors (Lipinski definition) is 1. The Balaban J connectivity index is 1.58. The van der Waals surface area contributed by atoms with Crippen LogP contribution in [0.15, 0.2) is 36.4 Å². The molecule has 0 atom stereocenters. The number of methoxy groups -OCH3 is 1. The summed E-state index contributed by atoms with van der Waals surface area (Å²) in [4.78, 5) is 12.4. The Kier molecular flexibility index (Phi) is 5.51. The molecule has 0 aliphatic carbocycles. The zero-order chi connectivity index (χ0) is 18.5. The van der Waals surface area contributed by atoms with Gasteiger partial charge in [-0.1, -0.05) is 6.07 Å². The monoisotopic (exact) mass is 357 g/mol. The molecule has 0 saturated carbocycles. The lowest BCUT2D eigenvalue weighted by molar-refractivity contribution is 0.0953. The summed E-state index contributed by atoms with van der Waals surface area (Å²) >= 11 is 0. The highest BCUT2D eigenvalue weighted by Crippen LogP contribution is 2.32. The number of nitrogens with one attached hydrogen (secondary N) is 1. The minimum atomic E-state index is -0.153. The maximum absolute atomic E-state index is 12.4. The van der Waals surface area contributed by atoms with Crippen LogP contribution in [0.1, 0.15) is 29.8 Å². The highest BCUT2D eigenvalue weighted by molar-refractivity contribution is 5.94. The molecule has 2 aromatic rings. The summed E-state index contributed by atoms with van der Waals surface area (Å²) in [7, 11) is 1.56. The fourth-order valence-corrected chi connectivity index (χ4v) is 2.68. The van der Waals surface area contributed by atoms with E-state index in [1.165, 1.54) is 0 Å². The molecule has 0 bridgehead atoms. The van der Waals surface area contributed by atoms with E-state index in [2.05, 4.69) is 5.32 Å². The number of carbonyl (C=O) groups excluding carboxylic acids is 1. The van der Waals surface area contributed by atoms with E-state index in [1.54, 1.807) is 25.3 Å². The van der Waals surface area contributed by atoms with Crippen molar-refractivity contribution in [2.45, 2.75) is 26.4 Å². The lowest BCUT2D eigenvalue weighted by Gasteiger charge is -2.14. The summed E-state index contributed by atoms with van der Waals surface area (Å²) in [6.45, 7) is 4.66. The van der Waals surface area contributed by atoms with Crippen LogP contribution in [0, 0.1) is 0 Å². The molecule has 1 aliphatic heterocycles. The Morgan fingerprint density at radius 2 is 1.92 bits per heavy atom. The molecule has 0 fully saturated rings. The van der Waals surface area contributed by atoms with Crippen LogP contribution in [0.4, 0.5) is 0 Å². The maximum atomic E-state index is 12.4. The molecule has 6 nitrogen and oxygen atoms in total. The molecule has 0 radical (unpaired) electrons. The molecule has 138 valence electrons.